The number of fused-ring (bicyclic) bond motifs is 1. The zero-order valence-electron chi connectivity index (χ0n) is 17.5. The summed E-state index contributed by atoms with van der Waals surface area (Å²) in [7, 11) is 1.98. The van der Waals surface area contributed by atoms with Crippen LogP contribution in [0.25, 0.3) is 16.7 Å². The summed E-state index contributed by atoms with van der Waals surface area (Å²) in [6.07, 6.45) is 3.38. The number of nitrogens with zero attached hydrogens (tertiary/aromatic N) is 4. The summed E-state index contributed by atoms with van der Waals surface area (Å²) >= 11 is 0. The van der Waals surface area contributed by atoms with Crippen LogP contribution in [-0.4, -0.2) is 14.1 Å². The molecule has 6 nitrogen and oxygen atoms in total. The lowest BCUT2D eigenvalue weighted by Gasteiger charge is -2.29. The Hall–Kier alpha value is -3.92. The molecule has 0 radical (unpaired) electrons. The zero-order valence-corrected chi connectivity index (χ0v) is 17.5. The largest absolute Gasteiger partial charge is 0.489 e. The minimum atomic E-state index is -0.298. The second-order valence-electron chi connectivity index (χ2n) is 8.18. The van der Waals surface area contributed by atoms with Crippen LogP contribution in [0.4, 0.5) is 4.39 Å². The number of aryl methyl sites for hydroxylation is 1. The first kappa shape index (κ1) is 20.0. The summed E-state index contributed by atoms with van der Waals surface area (Å²) in [5.41, 5.74) is 3.17. The van der Waals surface area contributed by atoms with Crippen LogP contribution in [0.3, 0.4) is 0 Å². The van der Waals surface area contributed by atoms with Crippen LogP contribution in [0, 0.1) is 23.1 Å². The maximum atomic E-state index is 13.0. The van der Waals surface area contributed by atoms with Gasteiger partial charge in [0, 0.05) is 31.1 Å². The number of hydrogen-bond donors (Lipinski definition) is 0. The molecule has 160 valence electrons. The number of rotatable bonds is 5. The van der Waals surface area contributed by atoms with Crippen molar-refractivity contribution in [2.24, 2.45) is 13.0 Å². The molecule has 4 aromatic rings. The summed E-state index contributed by atoms with van der Waals surface area (Å²) in [6.45, 7) is 0.251. The Balaban J connectivity index is 1.37. The van der Waals surface area contributed by atoms with E-state index >= 15 is 0 Å². The van der Waals surface area contributed by atoms with Gasteiger partial charge >= 0.3 is 0 Å². The Morgan fingerprint density at radius 2 is 1.94 bits per heavy atom. The number of pyridine rings is 1. The number of ether oxygens (including phenoxy) is 1. The Morgan fingerprint density at radius 1 is 1.16 bits per heavy atom. The van der Waals surface area contributed by atoms with Crippen molar-refractivity contribution in [1.29, 1.82) is 5.26 Å². The first-order valence-corrected chi connectivity index (χ1v) is 10.5. The monoisotopic (exact) mass is 428 g/mol. The van der Waals surface area contributed by atoms with E-state index in [1.54, 1.807) is 29.0 Å². The molecule has 2 aromatic heterocycles. The average molecular weight is 428 g/mol. The fourth-order valence-electron chi connectivity index (χ4n) is 4.16. The summed E-state index contributed by atoms with van der Waals surface area (Å²) in [5, 5.41) is 9.04. The van der Waals surface area contributed by atoms with Gasteiger partial charge in [0.05, 0.1) is 22.8 Å². The van der Waals surface area contributed by atoms with Gasteiger partial charge in [0.25, 0.3) is 5.56 Å². The van der Waals surface area contributed by atoms with Crippen LogP contribution in [0.5, 0.6) is 5.75 Å². The third-order valence-corrected chi connectivity index (χ3v) is 6.07. The number of nitriles is 1. The van der Waals surface area contributed by atoms with E-state index < -0.39 is 0 Å². The minimum absolute atomic E-state index is 0.123. The third kappa shape index (κ3) is 3.65. The van der Waals surface area contributed by atoms with E-state index in [0.29, 0.717) is 11.7 Å². The SMILES string of the molecule is Cn1c(C2CC(C#N)C2)nc2ccc(-n3ccc(OCc4ccc(F)cc4)cc3=O)cc21. The van der Waals surface area contributed by atoms with E-state index in [-0.39, 0.29) is 23.9 Å². The summed E-state index contributed by atoms with van der Waals surface area (Å²) < 4.78 is 22.3. The molecule has 1 saturated carbocycles. The van der Waals surface area contributed by atoms with Gasteiger partial charge in [-0.2, -0.15) is 5.26 Å². The molecule has 0 atom stereocenters. The summed E-state index contributed by atoms with van der Waals surface area (Å²) in [4.78, 5) is 17.5. The van der Waals surface area contributed by atoms with Crippen molar-refractivity contribution in [3.8, 4) is 17.5 Å². The van der Waals surface area contributed by atoms with Crippen molar-refractivity contribution in [2.75, 3.05) is 0 Å². The molecule has 1 aliphatic rings. The van der Waals surface area contributed by atoms with E-state index in [0.717, 1.165) is 41.0 Å². The first-order valence-electron chi connectivity index (χ1n) is 10.5. The molecular formula is C25H21FN4O2. The molecule has 0 bridgehead atoms. The first-order chi connectivity index (χ1) is 15.5. The molecule has 0 aliphatic heterocycles. The maximum Gasteiger partial charge on any atom is 0.258 e. The lowest BCUT2D eigenvalue weighted by atomic mass is 9.75. The van der Waals surface area contributed by atoms with E-state index in [1.807, 2.05) is 25.2 Å². The molecule has 0 spiro atoms. The average Bonchev–Trinajstić information content (AvgIpc) is 3.08. The number of halogens is 1. The molecular weight excluding hydrogens is 407 g/mol. The highest BCUT2D eigenvalue weighted by molar-refractivity contribution is 5.78. The molecule has 7 heteroatoms. The molecule has 0 unspecified atom stereocenters. The molecule has 2 heterocycles. The minimum Gasteiger partial charge on any atom is -0.489 e. The van der Waals surface area contributed by atoms with Gasteiger partial charge in [0.2, 0.25) is 0 Å². The predicted octanol–water partition coefficient (Wildman–Crippen LogP) is 4.46. The van der Waals surface area contributed by atoms with Crippen LogP contribution in [0.1, 0.15) is 30.1 Å². The highest BCUT2D eigenvalue weighted by atomic mass is 19.1. The van der Waals surface area contributed by atoms with Crippen LogP contribution in [0.15, 0.2) is 65.6 Å². The Bertz CT molecular complexity index is 1390. The number of hydrogen-bond acceptors (Lipinski definition) is 4. The van der Waals surface area contributed by atoms with Crippen molar-refractivity contribution in [1.82, 2.24) is 14.1 Å². The Labute approximate surface area is 184 Å². The lowest BCUT2D eigenvalue weighted by Crippen LogP contribution is -2.23. The summed E-state index contributed by atoms with van der Waals surface area (Å²) in [6, 6.07) is 17.3. The van der Waals surface area contributed by atoms with Crippen molar-refractivity contribution in [2.45, 2.75) is 25.4 Å². The standard InChI is InChI=1S/C25H21FN4O2/c1-29-23-12-20(6-7-22(23)28-25(29)18-10-17(11-18)14-27)30-9-8-21(13-24(30)31)32-15-16-2-4-19(26)5-3-16/h2-9,12-13,17-18H,10-11,15H2,1H3. The lowest BCUT2D eigenvalue weighted by molar-refractivity contribution is 0.305. The topological polar surface area (TPSA) is 72.8 Å². The molecule has 5 rings (SSSR count). The summed E-state index contributed by atoms with van der Waals surface area (Å²) in [5.74, 6) is 1.57. The van der Waals surface area contributed by atoms with Gasteiger partial charge in [-0.3, -0.25) is 9.36 Å². The van der Waals surface area contributed by atoms with Crippen LogP contribution < -0.4 is 10.3 Å². The van der Waals surface area contributed by atoms with Gasteiger partial charge in [0.15, 0.2) is 0 Å². The highest BCUT2D eigenvalue weighted by Crippen LogP contribution is 2.41. The van der Waals surface area contributed by atoms with E-state index in [9.17, 15) is 9.18 Å². The van der Waals surface area contributed by atoms with E-state index in [4.69, 9.17) is 15.0 Å². The molecule has 2 aromatic carbocycles. The molecule has 0 saturated heterocycles. The smallest absolute Gasteiger partial charge is 0.258 e. The fourth-order valence-corrected chi connectivity index (χ4v) is 4.16. The van der Waals surface area contributed by atoms with Gasteiger partial charge in [-0.15, -0.1) is 0 Å². The van der Waals surface area contributed by atoms with Gasteiger partial charge in [-0.25, -0.2) is 9.37 Å². The third-order valence-electron chi connectivity index (χ3n) is 6.07. The fraction of sp³-hybridized carbons (Fsp3) is 0.240. The highest BCUT2D eigenvalue weighted by Gasteiger charge is 2.33. The maximum absolute atomic E-state index is 13.0. The molecule has 1 fully saturated rings. The number of imidazole rings is 1. The van der Waals surface area contributed by atoms with Crippen molar-refractivity contribution in [3.05, 3.63) is 88.4 Å². The number of benzene rings is 2. The Morgan fingerprint density at radius 3 is 2.66 bits per heavy atom. The molecule has 32 heavy (non-hydrogen) atoms. The van der Waals surface area contributed by atoms with E-state index in [1.165, 1.54) is 18.2 Å². The van der Waals surface area contributed by atoms with Gasteiger partial charge in [-0.05, 0) is 54.8 Å². The second kappa shape index (κ2) is 7.97. The quantitative estimate of drug-likeness (QED) is 0.471. The molecule has 0 N–H and O–H groups in total. The van der Waals surface area contributed by atoms with Crippen molar-refractivity contribution in [3.63, 3.8) is 0 Å². The van der Waals surface area contributed by atoms with Gasteiger partial charge in [-0.1, -0.05) is 12.1 Å². The predicted molar refractivity (Wildman–Crippen MR) is 118 cm³/mol. The zero-order chi connectivity index (χ0) is 22.2. The van der Waals surface area contributed by atoms with E-state index in [2.05, 4.69) is 10.6 Å². The molecule has 0 amide bonds. The Kier molecular flexibility index (Phi) is 4.98. The van der Waals surface area contributed by atoms with Crippen molar-refractivity contribution < 1.29 is 9.13 Å². The van der Waals surface area contributed by atoms with Crippen LogP contribution in [0.2, 0.25) is 0 Å². The van der Waals surface area contributed by atoms with Crippen molar-refractivity contribution >= 4 is 11.0 Å². The number of aromatic nitrogens is 3. The normalized spacial score (nSPS) is 17.7. The van der Waals surface area contributed by atoms with Gasteiger partial charge in [0.1, 0.15) is 24.0 Å². The van der Waals surface area contributed by atoms with Crippen LogP contribution >= 0.6 is 0 Å². The molecule has 1 aliphatic carbocycles. The van der Waals surface area contributed by atoms with Gasteiger partial charge < -0.3 is 9.30 Å². The second-order valence-corrected chi connectivity index (χ2v) is 8.18. The van der Waals surface area contributed by atoms with Crippen LogP contribution in [-0.2, 0) is 13.7 Å².